The van der Waals surface area contributed by atoms with E-state index in [-0.39, 0.29) is 35.3 Å². The van der Waals surface area contributed by atoms with E-state index in [1.165, 1.54) is 13.2 Å². The molecule has 0 radical (unpaired) electrons. The molecule has 2 aliphatic rings. The van der Waals surface area contributed by atoms with Crippen molar-refractivity contribution in [2.24, 2.45) is 0 Å². The van der Waals surface area contributed by atoms with E-state index in [2.05, 4.69) is 9.64 Å². The van der Waals surface area contributed by atoms with Crippen molar-refractivity contribution in [1.82, 2.24) is 4.90 Å². The standard InChI is InChI=1S/C32H29Cl3F3NO7/c1-42-23-5-2-19(3-6-23)17-43-28-14-27(24(13-25(28)35)29(40)45-30(41)32(36,37)38)44-18-22(34)16-39-10-8-31(9-11-39)15-20-12-21(33)4-7-26(20)46-31/h2-7,12-14,22H,8-11,15-18H2,1H3. The number of esters is 2. The molecule has 2 aliphatic heterocycles. The van der Waals surface area contributed by atoms with Gasteiger partial charge in [-0.3, -0.25) is 0 Å². The quantitative estimate of drug-likeness (QED) is 0.124. The molecular formula is C32H29Cl3F3NO7. The van der Waals surface area contributed by atoms with Gasteiger partial charge >= 0.3 is 18.1 Å². The van der Waals surface area contributed by atoms with Crippen molar-refractivity contribution < 1.29 is 46.4 Å². The van der Waals surface area contributed by atoms with E-state index in [0.717, 1.165) is 42.2 Å². The predicted molar refractivity (Wildman–Crippen MR) is 165 cm³/mol. The molecule has 1 saturated heterocycles. The van der Waals surface area contributed by atoms with Crippen LogP contribution in [-0.2, 0) is 22.6 Å². The molecule has 246 valence electrons. The Kier molecular flexibility index (Phi) is 10.5. The Morgan fingerprint density at radius 3 is 2.39 bits per heavy atom. The number of hydrogen-bond donors (Lipinski definition) is 0. The number of fused-ring (bicyclic) bond motifs is 1. The van der Waals surface area contributed by atoms with Gasteiger partial charge in [-0.05, 0) is 47.5 Å². The molecule has 0 aromatic heterocycles. The number of nitrogens with zero attached hydrogens (tertiary/aromatic N) is 1. The summed E-state index contributed by atoms with van der Waals surface area (Å²) in [5.41, 5.74) is 1.06. The molecule has 0 saturated carbocycles. The summed E-state index contributed by atoms with van der Waals surface area (Å²) in [7, 11) is 1.54. The zero-order valence-electron chi connectivity index (χ0n) is 24.5. The van der Waals surface area contributed by atoms with Crippen molar-refractivity contribution in [1.29, 1.82) is 0 Å². The van der Waals surface area contributed by atoms with Crippen molar-refractivity contribution in [2.75, 3.05) is 33.4 Å². The van der Waals surface area contributed by atoms with E-state index >= 15 is 0 Å². The summed E-state index contributed by atoms with van der Waals surface area (Å²) >= 11 is 19.1. The molecule has 0 aliphatic carbocycles. The summed E-state index contributed by atoms with van der Waals surface area (Å²) in [6.45, 7) is 1.79. The van der Waals surface area contributed by atoms with Crippen LogP contribution in [0.15, 0.2) is 54.6 Å². The number of likely N-dealkylation sites (tertiary alicyclic amines) is 1. The van der Waals surface area contributed by atoms with Gasteiger partial charge in [0.05, 0.1) is 17.5 Å². The van der Waals surface area contributed by atoms with Gasteiger partial charge in [-0.1, -0.05) is 35.3 Å². The Hall–Kier alpha value is -3.38. The molecule has 0 bridgehead atoms. The lowest BCUT2D eigenvalue weighted by atomic mass is 9.87. The summed E-state index contributed by atoms with van der Waals surface area (Å²) in [6.07, 6.45) is -3.05. The Balaban J connectivity index is 1.23. The van der Waals surface area contributed by atoms with E-state index in [9.17, 15) is 22.8 Å². The minimum atomic E-state index is -5.38. The monoisotopic (exact) mass is 701 g/mol. The Morgan fingerprint density at radius 2 is 1.72 bits per heavy atom. The average molecular weight is 703 g/mol. The van der Waals surface area contributed by atoms with Gasteiger partial charge in [-0.25, -0.2) is 9.59 Å². The molecule has 1 spiro atoms. The Labute approximate surface area is 278 Å². The van der Waals surface area contributed by atoms with Crippen LogP contribution >= 0.6 is 34.8 Å². The van der Waals surface area contributed by atoms with Crippen LogP contribution in [-0.4, -0.2) is 67.3 Å². The number of rotatable bonds is 10. The normalized spacial score (nSPS) is 16.3. The first-order chi connectivity index (χ1) is 21.8. The first-order valence-electron chi connectivity index (χ1n) is 14.2. The second-order valence-corrected chi connectivity index (χ2v) is 12.5. The van der Waals surface area contributed by atoms with E-state index < -0.39 is 29.1 Å². The van der Waals surface area contributed by atoms with Gasteiger partial charge in [0.15, 0.2) is 0 Å². The molecule has 8 nitrogen and oxygen atoms in total. The van der Waals surface area contributed by atoms with Crippen molar-refractivity contribution in [3.05, 3.63) is 81.3 Å². The fraction of sp³-hybridized carbons (Fsp3) is 0.375. The van der Waals surface area contributed by atoms with E-state index in [1.807, 2.05) is 18.2 Å². The highest BCUT2D eigenvalue weighted by Crippen LogP contribution is 2.42. The molecule has 1 unspecified atom stereocenters. The molecular weight excluding hydrogens is 674 g/mol. The molecule has 2 heterocycles. The van der Waals surface area contributed by atoms with Gasteiger partial charge < -0.3 is 28.6 Å². The molecule has 3 aromatic rings. The summed E-state index contributed by atoms with van der Waals surface area (Å²) in [6, 6.07) is 14.9. The number of piperidine rings is 1. The number of ether oxygens (including phenoxy) is 5. The zero-order valence-corrected chi connectivity index (χ0v) is 26.8. The van der Waals surface area contributed by atoms with Crippen molar-refractivity contribution in [3.8, 4) is 23.0 Å². The Morgan fingerprint density at radius 1 is 1.00 bits per heavy atom. The maximum Gasteiger partial charge on any atom is 0.491 e. The summed E-state index contributed by atoms with van der Waals surface area (Å²) in [5.74, 6) is -2.90. The first-order valence-corrected chi connectivity index (χ1v) is 15.4. The van der Waals surface area contributed by atoms with Crippen LogP contribution in [0.1, 0.15) is 34.3 Å². The number of benzene rings is 3. The number of methoxy groups -OCH3 is 1. The maximum atomic E-state index is 12.8. The largest absolute Gasteiger partial charge is 0.497 e. The highest BCUT2D eigenvalue weighted by atomic mass is 35.5. The fourth-order valence-corrected chi connectivity index (χ4v) is 6.01. The smallest absolute Gasteiger partial charge is 0.491 e. The molecule has 5 rings (SSSR count). The maximum absolute atomic E-state index is 12.8. The molecule has 1 atom stereocenters. The van der Waals surface area contributed by atoms with Gasteiger partial charge in [0.25, 0.3) is 0 Å². The fourth-order valence-electron chi connectivity index (χ4n) is 5.34. The highest BCUT2D eigenvalue weighted by molar-refractivity contribution is 6.32. The summed E-state index contributed by atoms with van der Waals surface area (Å²) in [5, 5.41) is -0.0214. The molecule has 0 amide bonds. The average Bonchev–Trinajstić information content (AvgIpc) is 3.37. The van der Waals surface area contributed by atoms with Crippen LogP contribution in [0.25, 0.3) is 0 Å². The topological polar surface area (TPSA) is 83.5 Å². The number of carbonyl (C=O) groups is 2. The lowest BCUT2D eigenvalue weighted by Crippen LogP contribution is -2.49. The lowest BCUT2D eigenvalue weighted by Gasteiger charge is -2.39. The molecule has 46 heavy (non-hydrogen) atoms. The third-order valence-electron chi connectivity index (χ3n) is 7.73. The number of hydrogen-bond acceptors (Lipinski definition) is 8. The second-order valence-electron chi connectivity index (χ2n) is 11.0. The van der Waals surface area contributed by atoms with Crippen molar-refractivity contribution >= 4 is 46.7 Å². The lowest BCUT2D eigenvalue weighted by molar-refractivity contribution is -0.193. The molecule has 0 N–H and O–H groups in total. The zero-order chi connectivity index (χ0) is 33.1. The summed E-state index contributed by atoms with van der Waals surface area (Å²) in [4.78, 5) is 26.1. The Bertz CT molecular complexity index is 1580. The van der Waals surface area contributed by atoms with Crippen LogP contribution in [0.4, 0.5) is 13.2 Å². The number of carbonyl (C=O) groups excluding carboxylic acids is 2. The third kappa shape index (κ3) is 8.31. The second kappa shape index (κ2) is 14.2. The van der Waals surface area contributed by atoms with E-state index in [4.69, 9.17) is 53.8 Å². The van der Waals surface area contributed by atoms with Gasteiger partial charge in [0, 0.05) is 50.0 Å². The van der Waals surface area contributed by atoms with Crippen molar-refractivity contribution in [3.63, 3.8) is 0 Å². The van der Waals surface area contributed by atoms with Crippen LogP contribution in [0.3, 0.4) is 0 Å². The van der Waals surface area contributed by atoms with Gasteiger partial charge in [-0.2, -0.15) is 13.2 Å². The number of alkyl halides is 4. The van der Waals surface area contributed by atoms with Gasteiger partial charge in [-0.15, -0.1) is 11.6 Å². The molecule has 1 fully saturated rings. The van der Waals surface area contributed by atoms with Crippen LogP contribution in [0.2, 0.25) is 10.0 Å². The van der Waals surface area contributed by atoms with E-state index in [0.29, 0.717) is 30.4 Å². The molecule has 3 aromatic carbocycles. The van der Waals surface area contributed by atoms with Crippen molar-refractivity contribution in [2.45, 2.75) is 43.0 Å². The first kappa shape index (κ1) is 34.0. The number of halogens is 6. The van der Waals surface area contributed by atoms with Crippen LogP contribution < -0.4 is 18.9 Å². The van der Waals surface area contributed by atoms with Crippen LogP contribution in [0.5, 0.6) is 23.0 Å². The predicted octanol–water partition coefficient (Wildman–Crippen LogP) is 7.28. The van der Waals surface area contributed by atoms with Gasteiger partial charge in [0.1, 0.15) is 47.4 Å². The SMILES string of the molecule is COc1ccc(COc2cc(OCC(Cl)CN3CCC4(CC3)Cc3cc(Cl)ccc3O4)c(C(=O)OC(=O)C(F)(F)F)cc2Cl)cc1. The van der Waals surface area contributed by atoms with Crippen LogP contribution in [0, 0.1) is 0 Å². The molecule has 14 heteroatoms. The summed E-state index contributed by atoms with van der Waals surface area (Å²) < 4.78 is 65.5. The minimum absolute atomic E-state index is 0.0654. The highest BCUT2D eigenvalue weighted by Gasteiger charge is 2.44. The minimum Gasteiger partial charge on any atom is -0.497 e. The van der Waals surface area contributed by atoms with Gasteiger partial charge in [0.2, 0.25) is 0 Å². The van der Waals surface area contributed by atoms with E-state index in [1.54, 1.807) is 24.3 Å². The third-order valence-corrected chi connectivity index (χ3v) is 8.52.